The number of benzene rings is 2. The van der Waals surface area contributed by atoms with Crippen LogP contribution in [0.3, 0.4) is 0 Å². The maximum absolute atomic E-state index is 13.2. The highest BCUT2D eigenvalue weighted by molar-refractivity contribution is 7.90. The van der Waals surface area contributed by atoms with Gasteiger partial charge in [0, 0.05) is 30.6 Å². The largest absolute Gasteiger partial charge is 0.352 e. The van der Waals surface area contributed by atoms with Crippen LogP contribution in [0.15, 0.2) is 53.4 Å². The Morgan fingerprint density at radius 3 is 2.49 bits per heavy atom. The molecular weight excluding hydrogens is 490 g/mol. The van der Waals surface area contributed by atoms with E-state index in [-0.39, 0.29) is 54.2 Å². The topological polar surface area (TPSA) is 104 Å². The molecule has 0 saturated carbocycles. The Bertz CT molecular complexity index is 1220. The van der Waals surface area contributed by atoms with Crippen LogP contribution >= 0.6 is 11.6 Å². The number of carbonyl (C=O) groups excluding carboxylic acids is 3. The molecule has 0 spiro atoms. The second-order valence-electron chi connectivity index (χ2n) is 8.63. The molecule has 1 aliphatic rings. The fourth-order valence-electron chi connectivity index (χ4n) is 3.85. The standard InChI is InChI=1S/C25H30ClN3O5S/c1-4-17(2)27-24(31)18(3)28(16-19-9-7-10-20(26)15-19)23(30)13-8-14-29-25(32)21-11-5-6-12-22(21)35(29,33)34/h5-7,9-12,15,17-18H,4,8,13-14,16H2,1-3H3,(H,27,31). The molecule has 0 fully saturated rings. The quantitative estimate of drug-likeness (QED) is 0.516. The Labute approximate surface area is 211 Å². The van der Waals surface area contributed by atoms with E-state index in [0.29, 0.717) is 5.02 Å². The number of nitrogens with zero attached hydrogens (tertiary/aromatic N) is 2. The minimum Gasteiger partial charge on any atom is -0.352 e. The van der Waals surface area contributed by atoms with Gasteiger partial charge in [0.2, 0.25) is 11.8 Å². The lowest BCUT2D eigenvalue weighted by molar-refractivity contribution is -0.141. The van der Waals surface area contributed by atoms with E-state index >= 15 is 0 Å². The second kappa shape index (κ2) is 11.2. The first-order chi connectivity index (χ1) is 16.6. The lowest BCUT2D eigenvalue weighted by atomic mass is 10.1. The maximum atomic E-state index is 13.2. The van der Waals surface area contributed by atoms with E-state index in [1.807, 2.05) is 19.9 Å². The van der Waals surface area contributed by atoms with Gasteiger partial charge in [-0.25, -0.2) is 12.7 Å². The van der Waals surface area contributed by atoms with Gasteiger partial charge in [-0.2, -0.15) is 0 Å². The summed E-state index contributed by atoms with van der Waals surface area (Å²) in [6.07, 6.45) is 0.849. The highest BCUT2D eigenvalue weighted by Crippen LogP contribution is 2.30. The van der Waals surface area contributed by atoms with E-state index in [0.717, 1.165) is 16.3 Å². The fraction of sp³-hybridized carbons (Fsp3) is 0.400. The van der Waals surface area contributed by atoms with Crippen molar-refractivity contribution >= 4 is 39.3 Å². The molecule has 2 aromatic carbocycles. The molecule has 10 heteroatoms. The van der Waals surface area contributed by atoms with Crippen LogP contribution in [0.4, 0.5) is 0 Å². The Morgan fingerprint density at radius 1 is 1.11 bits per heavy atom. The maximum Gasteiger partial charge on any atom is 0.269 e. The smallest absolute Gasteiger partial charge is 0.269 e. The minimum atomic E-state index is -3.93. The Hall–Kier alpha value is -2.91. The van der Waals surface area contributed by atoms with E-state index in [1.54, 1.807) is 37.3 Å². The van der Waals surface area contributed by atoms with Crippen LogP contribution in [0.1, 0.15) is 56.0 Å². The monoisotopic (exact) mass is 519 g/mol. The van der Waals surface area contributed by atoms with Crippen molar-refractivity contribution in [1.29, 1.82) is 0 Å². The van der Waals surface area contributed by atoms with E-state index in [2.05, 4.69) is 5.32 Å². The number of hydrogen-bond donors (Lipinski definition) is 1. The van der Waals surface area contributed by atoms with Gasteiger partial charge in [0.05, 0.1) is 5.56 Å². The molecule has 0 bridgehead atoms. The SMILES string of the molecule is CCC(C)NC(=O)C(C)N(Cc1cccc(Cl)c1)C(=O)CCCN1C(=O)c2ccccc2S1(=O)=O. The molecule has 0 saturated heterocycles. The first-order valence-electron chi connectivity index (χ1n) is 11.6. The number of halogens is 1. The average Bonchev–Trinajstić information content (AvgIpc) is 3.02. The molecule has 0 radical (unpaired) electrons. The highest BCUT2D eigenvalue weighted by Gasteiger charge is 2.40. The summed E-state index contributed by atoms with van der Waals surface area (Å²) in [6, 6.07) is 12.3. The van der Waals surface area contributed by atoms with Crippen LogP contribution in [0.5, 0.6) is 0 Å². The zero-order valence-corrected chi connectivity index (χ0v) is 21.6. The molecule has 8 nitrogen and oxygen atoms in total. The van der Waals surface area contributed by atoms with Crippen molar-refractivity contribution < 1.29 is 22.8 Å². The zero-order valence-electron chi connectivity index (χ0n) is 20.0. The zero-order chi connectivity index (χ0) is 25.8. The normalized spacial score (nSPS) is 15.9. The summed E-state index contributed by atoms with van der Waals surface area (Å²) in [7, 11) is -3.93. The van der Waals surface area contributed by atoms with Gasteiger partial charge in [-0.1, -0.05) is 42.8 Å². The van der Waals surface area contributed by atoms with Crippen molar-refractivity contribution in [3.05, 3.63) is 64.7 Å². The van der Waals surface area contributed by atoms with Crippen molar-refractivity contribution in [3.8, 4) is 0 Å². The fourth-order valence-corrected chi connectivity index (χ4v) is 5.67. The number of nitrogens with one attached hydrogen (secondary N) is 1. The lowest BCUT2D eigenvalue weighted by Gasteiger charge is -2.30. The van der Waals surface area contributed by atoms with E-state index in [1.165, 1.54) is 17.0 Å². The van der Waals surface area contributed by atoms with Gasteiger partial charge < -0.3 is 10.2 Å². The number of hydrogen-bond acceptors (Lipinski definition) is 5. The molecule has 1 heterocycles. The molecule has 2 atom stereocenters. The number of amides is 3. The number of carbonyl (C=O) groups is 3. The first kappa shape index (κ1) is 26.7. The van der Waals surface area contributed by atoms with Crippen LogP contribution in [0, 0.1) is 0 Å². The van der Waals surface area contributed by atoms with Gasteiger partial charge in [0.25, 0.3) is 15.9 Å². The molecule has 0 aromatic heterocycles. The Morgan fingerprint density at radius 2 is 1.83 bits per heavy atom. The van der Waals surface area contributed by atoms with Crippen LogP contribution < -0.4 is 5.32 Å². The molecule has 35 heavy (non-hydrogen) atoms. The van der Waals surface area contributed by atoms with Crippen molar-refractivity contribution in [1.82, 2.24) is 14.5 Å². The third kappa shape index (κ3) is 6.02. The lowest BCUT2D eigenvalue weighted by Crippen LogP contribution is -2.49. The summed E-state index contributed by atoms with van der Waals surface area (Å²) in [5, 5.41) is 3.42. The van der Waals surface area contributed by atoms with E-state index in [4.69, 9.17) is 11.6 Å². The Balaban J connectivity index is 1.71. The van der Waals surface area contributed by atoms with Crippen molar-refractivity contribution in [2.24, 2.45) is 0 Å². The van der Waals surface area contributed by atoms with Crippen LogP contribution in [0.2, 0.25) is 5.02 Å². The third-order valence-corrected chi connectivity index (χ3v) is 8.15. The molecule has 2 aromatic rings. The van der Waals surface area contributed by atoms with E-state index < -0.39 is 22.0 Å². The molecular formula is C25H30ClN3O5S. The van der Waals surface area contributed by atoms with Gasteiger partial charge in [0.15, 0.2) is 0 Å². The predicted molar refractivity (Wildman–Crippen MR) is 133 cm³/mol. The summed E-state index contributed by atoms with van der Waals surface area (Å²) >= 11 is 6.10. The summed E-state index contributed by atoms with van der Waals surface area (Å²) in [6.45, 7) is 5.54. The van der Waals surface area contributed by atoms with Gasteiger partial charge in [-0.05, 0) is 56.5 Å². The second-order valence-corrected chi connectivity index (χ2v) is 10.9. The summed E-state index contributed by atoms with van der Waals surface area (Å²) in [5.74, 6) is -1.19. The first-order valence-corrected chi connectivity index (χ1v) is 13.4. The minimum absolute atomic E-state index is 0.0192. The molecule has 3 amide bonds. The molecule has 0 aliphatic carbocycles. The molecule has 1 N–H and O–H groups in total. The van der Waals surface area contributed by atoms with Crippen LogP contribution in [-0.4, -0.2) is 54.0 Å². The number of sulfonamides is 1. The van der Waals surface area contributed by atoms with Crippen LogP contribution in [-0.2, 0) is 26.2 Å². The molecule has 1 aliphatic heterocycles. The highest BCUT2D eigenvalue weighted by atomic mass is 35.5. The molecule has 188 valence electrons. The number of fused-ring (bicyclic) bond motifs is 1. The van der Waals surface area contributed by atoms with Crippen molar-refractivity contribution in [2.75, 3.05) is 6.54 Å². The summed E-state index contributed by atoms with van der Waals surface area (Å²) in [5.41, 5.74) is 0.901. The van der Waals surface area contributed by atoms with Gasteiger partial charge in [-0.3, -0.25) is 14.4 Å². The molecule has 3 rings (SSSR count). The van der Waals surface area contributed by atoms with Crippen molar-refractivity contribution in [2.45, 2.75) is 63.6 Å². The summed E-state index contributed by atoms with van der Waals surface area (Å²) < 4.78 is 26.3. The van der Waals surface area contributed by atoms with Crippen molar-refractivity contribution in [3.63, 3.8) is 0 Å². The van der Waals surface area contributed by atoms with Gasteiger partial charge in [0.1, 0.15) is 10.9 Å². The number of rotatable bonds is 10. The predicted octanol–water partition coefficient (Wildman–Crippen LogP) is 3.60. The average molecular weight is 520 g/mol. The Kier molecular flexibility index (Phi) is 8.56. The molecule has 2 unspecified atom stereocenters. The summed E-state index contributed by atoms with van der Waals surface area (Å²) in [4.78, 5) is 40.1. The van der Waals surface area contributed by atoms with E-state index in [9.17, 15) is 22.8 Å². The van der Waals surface area contributed by atoms with Gasteiger partial charge >= 0.3 is 0 Å². The third-order valence-electron chi connectivity index (χ3n) is 6.07. The van der Waals surface area contributed by atoms with Gasteiger partial charge in [-0.15, -0.1) is 0 Å². The van der Waals surface area contributed by atoms with Crippen LogP contribution in [0.25, 0.3) is 0 Å².